The van der Waals surface area contributed by atoms with E-state index in [0.29, 0.717) is 6.42 Å². The topological polar surface area (TPSA) is 238 Å². The van der Waals surface area contributed by atoms with Crippen molar-refractivity contribution >= 4 is 41.4 Å². The quantitative estimate of drug-likeness (QED) is 0.105. The smallest absolute Gasteiger partial charge is 0.325 e. The largest absolute Gasteiger partial charge is 0.480 e. The SMILES string of the molecule is CC(C)C[C@H](N)C(=O)NCC(=O)N[C@@H](C)C(=O)N[C@@H](C)C(=O)N[C@@H](C)C(=O)N[C@@H](C)C(=O)N[C@@H](C)C(=O)O. The third-order valence-corrected chi connectivity index (χ3v) is 5.24. The van der Waals surface area contributed by atoms with E-state index in [1.807, 2.05) is 13.8 Å². The van der Waals surface area contributed by atoms with Crippen molar-refractivity contribution < 1.29 is 38.7 Å². The van der Waals surface area contributed by atoms with Gasteiger partial charge in [-0.1, -0.05) is 13.8 Å². The van der Waals surface area contributed by atoms with Crippen LogP contribution in [0.5, 0.6) is 0 Å². The van der Waals surface area contributed by atoms with Crippen LogP contribution >= 0.6 is 0 Å². The minimum absolute atomic E-state index is 0.203. The number of hydrogen-bond donors (Lipinski definition) is 8. The van der Waals surface area contributed by atoms with Crippen LogP contribution in [0.1, 0.15) is 54.9 Å². The number of carboxylic acid groups (broad SMARTS) is 1. The molecule has 0 heterocycles. The van der Waals surface area contributed by atoms with E-state index in [1.165, 1.54) is 34.6 Å². The van der Waals surface area contributed by atoms with Crippen LogP contribution < -0.4 is 37.6 Å². The highest BCUT2D eigenvalue weighted by molar-refractivity contribution is 5.96. The van der Waals surface area contributed by atoms with Crippen molar-refractivity contribution in [3.63, 3.8) is 0 Å². The molecule has 0 radical (unpaired) electrons. The maximum absolute atomic E-state index is 12.4. The molecule has 6 amide bonds. The summed E-state index contributed by atoms with van der Waals surface area (Å²) in [7, 11) is 0. The number of aliphatic carboxylic acids is 1. The molecule has 0 aromatic carbocycles. The molecule has 0 unspecified atom stereocenters. The average Bonchev–Trinajstić information content (AvgIpc) is 2.81. The lowest BCUT2D eigenvalue weighted by molar-refractivity contribution is -0.141. The Morgan fingerprint density at radius 1 is 0.579 bits per heavy atom. The Morgan fingerprint density at radius 3 is 1.26 bits per heavy atom. The molecule has 0 fully saturated rings. The van der Waals surface area contributed by atoms with Crippen molar-refractivity contribution in [2.75, 3.05) is 6.54 Å². The van der Waals surface area contributed by atoms with Gasteiger partial charge in [-0.3, -0.25) is 33.6 Å². The molecule has 0 rings (SSSR count). The van der Waals surface area contributed by atoms with Crippen LogP contribution in [0.15, 0.2) is 0 Å². The Balaban J connectivity index is 4.61. The maximum atomic E-state index is 12.4. The summed E-state index contributed by atoms with van der Waals surface area (Å²) in [6.45, 7) is 10.2. The molecule has 0 aromatic heterocycles. The minimum Gasteiger partial charge on any atom is -0.480 e. The van der Waals surface area contributed by atoms with Crippen LogP contribution in [0.2, 0.25) is 0 Å². The first kappa shape index (κ1) is 34.2. The second-order valence-electron chi connectivity index (χ2n) is 9.50. The maximum Gasteiger partial charge on any atom is 0.325 e. The van der Waals surface area contributed by atoms with Gasteiger partial charge in [0.05, 0.1) is 12.6 Å². The third-order valence-electron chi connectivity index (χ3n) is 5.24. The monoisotopic (exact) mass is 543 g/mol. The standard InChI is InChI=1S/C23H41N7O8/c1-10(2)8-16(24)22(36)25-9-17(31)26-11(3)18(32)27-12(4)19(33)28-13(5)20(34)29-14(6)21(35)30-15(7)23(37)38/h10-16H,8-9,24H2,1-7H3,(H,25,36)(H,26,31)(H,27,32)(H,28,33)(H,29,34)(H,30,35)(H,37,38)/t11-,12-,13-,14-,15-,16-/m0/s1. The Morgan fingerprint density at radius 2 is 0.921 bits per heavy atom. The minimum atomic E-state index is -1.24. The van der Waals surface area contributed by atoms with E-state index in [0.717, 1.165) is 0 Å². The molecule has 0 saturated heterocycles. The highest BCUT2D eigenvalue weighted by atomic mass is 16.4. The number of carbonyl (C=O) groups excluding carboxylic acids is 6. The first-order valence-corrected chi connectivity index (χ1v) is 12.2. The van der Waals surface area contributed by atoms with Crippen molar-refractivity contribution in [1.29, 1.82) is 0 Å². The molecule has 15 nitrogen and oxygen atoms in total. The van der Waals surface area contributed by atoms with Crippen molar-refractivity contribution in [1.82, 2.24) is 31.9 Å². The molecule has 38 heavy (non-hydrogen) atoms. The fourth-order valence-corrected chi connectivity index (χ4v) is 2.88. The van der Waals surface area contributed by atoms with Crippen LogP contribution in [-0.4, -0.2) is 89.3 Å². The van der Waals surface area contributed by atoms with E-state index in [-0.39, 0.29) is 12.5 Å². The van der Waals surface area contributed by atoms with E-state index in [9.17, 15) is 33.6 Å². The highest BCUT2D eigenvalue weighted by Crippen LogP contribution is 2.02. The Bertz CT molecular complexity index is 895. The van der Waals surface area contributed by atoms with Crippen molar-refractivity contribution in [3.8, 4) is 0 Å². The van der Waals surface area contributed by atoms with E-state index in [2.05, 4.69) is 31.9 Å². The van der Waals surface area contributed by atoms with E-state index >= 15 is 0 Å². The molecule has 0 aliphatic rings. The lowest BCUT2D eigenvalue weighted by Gasteiger charge is -2.22. The fourth-order valence-electron chi connectivity index (χ4n) is 2.88. The molecule has 15 heteroatoms. The van der Waals surface area contributed by atoms with Crippen molar-refractivity contribution in [2.45, 2.75) is 91.1 Å². The van der Waals surface area contributed by atoms with Crippen LogP contribution in [0.3, 0.4) is 0 Å². The van der Waals surface area contributed by atoms with Crippen molar-refractivity contribution in [2.24, 2.45) is 11.7 Å². The zero-order valence-electron chi connectivity index (χ0n) is 22.8. The number of rotatable bonds is 15. The predicted octanol–water partition coefficient (Wildman–Crippen LogP) is -2.92. The molecule has 6 atom stereocenters. The Kier molecular flexibility index (Phi) is 14.6. The summed E-state index contributed by atoms with van der Waals surface area (Å²) < 4.78 is 0. The molecule has 0 spiro atoms. The van der Waals surface area contributed by atoms with E-state index < -0.39 is 77.7 Å². The van der Waals surface area contributed by atoms with Gasteiger partial charge >= 0.3 is 5.97 Å². The molecular weight excluding hydrogens is 502 g/mol. The molecule has 0 saturated carbocycles. The lowest BCUT2D eigenvalue weighted by Crippen LogP contribution is -2.57. The van der Waals surface area contributed by atoms with Crippen LogP contribution in [-0.2, 0) is 33.6 Å². The second kappa shape index (κ2) is 16.2. The van der Waals surface area contributed by atoms with Gasteiger partial charge < -0.3 is 42.7 Å². The van der Waals surface area contributed by atoms with Gasteiger partial charge in [0, 0.05) is 0 Å². The number of carbonyl (C=O) groups is 7. The van der Waals surface area contributed by atoms with Crippen LogP contribution in [0, 0.1) is 5.92 Å². The van der Waals surface area contributed by atoms with Gasteiger partial charge in [0.2, 0.25) is 35.4 Å². The first-order chi connectivity index (χ1) is 17.5. The van der Waals surface area contributed by atoms with Gasteiger partial charge in [-0.15, -0.1) is 0 Å². The van der Waals surface area contributed by atoms with Gasteiger partial charge in [-0.05, 0) is 47.0 Å². The number of carboxylic acids is 1. The van der Waals surface area contributed by atoms with Gasteiger partial charge in [0.25, 0.3) is 0 Å². The van der Waals surface area contributed by atoms with Crippen molar-refractivity contribution in [3.05, 3.63) is 0 Å². The summed E-state index contributed by atoms with van der Waals surface area (Å²) in [6, 6.07) is -6.18. The van der Waals surface area contributed by atoms with Gasteiger partial charge in [0.15, 0.2) is 0 Å². The molecule has 9 N–H and O–H groups in total. The average molecular weight is 544 g/mol. The molecule has 0 aromatic rings. The molecule has 0 aliphatic heterocycles. The zero-order chi connectivity index (χ0) is 29.7. The summed E-state index contributed by atoms with van der Waals surface area (Å²) in [6.07, 6.45) is 0.451. The number of nitrogens with one attached hydrogen (secondary N) is 6. The molecule has 0 bridgehead atoms. The van der Waals surface area contributed by atoms with Gasteiger partial charge in [-0.2, -0.15) is 0 Å². The summed E-state index contributed by atoms with van der Waals surface area (Å²) in [5.41, 5.74) is 5.75. The van der Waals surface area contributed by atoms with Crippen LogP contribution in [0.4, 0.5) is 0 Å². The predicted molar refractivity (Wildman–Crippen MR) is 136 cm³/mol. The summed E-state index contributed by atoms with van der Waals surface area (Å²) in [4.78, 5) is 83.8. The lowest BCUT2D eigenvalue weighted by atomic mass is 10.0. The number of amides is 6. The van der Waals surface area contributed by atoms with E-state index in [1.54, 1.807) is 0 Å². The summed E-state index contributed by atoms with van der Waals surface area (Å²) in [5.74, 6) is -4.97. The summed E-state index contributed by atoms with van der Waals surface area (Å²) in [5, 5.41) is 23.0. The molecule has 0 aliphatic carbocycles. The zero-order valence-corrected chi connectivity index (χ0v) is 22.8. The summed E-state index contributed by atoms with van der Waals surface area (Å²) >= 11 is 0. The number of nitrogens with two attached hydrogens (primary N) is 1. The molecular formula is C23H41N7O8. The number of hydrogen-bond acceptors (Lipinski definition) is 8. The van der Waals surface area contributed by atoms with E-state index in [4.69, 9.17) is 10.8 Å². The van der Waals surface area contributed by atoms with Gasteiger partial charge in [0.1, 0.15) is 30.2 Å². The van der Waals surface area contributed by atoms with Gasteiger partial charge in [-0.25, -0.2) is 0 Å². The first-order valence-electron chi connectivity index (χ1n) is 12.2. The third kappa shape index (κ3) is 13.0. The highest BCUT2D eigenvalue weighted by Gasteiger charge is 2.26. The second-order valence-corrected chi connectivity index (χ2v) is 9.50. The fraction of sp³-hybridized carbons (Fsp3) is 0.696. The Labute approximate surface area is 221 Å². The van der Waals surface area contributed by atoms with Crippen LogP contribution in [0.25, 0.3) is 0 Å². The Hall–Kier alpha value is -3.75. The normalized spacial score (nSPS) is 15.5. The molecule has 216 valence electrons.